The second-order valence-electron chi connectivity index (χ2n) is 3.28. The van der Waals surface area contributed by atoms with Gasteiger partial charge in [-0.25, -0.2) is 4.39 Å². The van der Waals surface area contributed by atoms with E-state index in [4.69, 9.17) is 18.0 Å². The number of hydrogen-bond acceptors (Lipinski definition) is 1. The standard InChI is InChI=1S/C12H12ClFO/c1-2-3-4-5-12(15)10-7-6-9(13)8-11(10)14/h1,6-8,12,15H,3-5H2. The molecule has 0 fully saturated rings. The summed E-state index contributed by atoms with van der Waals surface area (Å²) in [7, 11) is 0. The van der Waals surface area contributed by atoms with E-state index < -0.39 is 11.9 Å². The summed E-state index contributed by atoms with van der Waals surface area (Å²) < 4.78 is 13.3. The summed E-state index contributed by atoms with van der Waals surface area (Å²) in [5, 5.41) is 9.99. The molecular formula is C12H12ClFO. The van der Waals surface area contributed by atoms with Crippen molar-refractivity contribution in [2.24, 2.45) is 0 Å². The molecule has 80 valence electrons. The van der Waals surface area contributed by atoms with Gasteiger partial charge in [0.25, 0.3) is 0 Å². The monoisotopic (exact) mass is 226 g/mol. The molecule has 0 heterocycles. The van der Waals surface area contributed by atoms with E-state index >= 15 is 0 Å². The van der Waals surface area contributed by atoms with Crippen LogP contribution in [0.25, 0.3) is 0 Å². The molecule has 1 unspecified atom stereocenters. The topological polar surface area (TPSA) is 20.2 Å². The van der Waals surface area contributed by atoms with Crippen LogP contribution in [0.15, 0.2) is 18.2 Å². The van der Waals surface area contributed by atoms with Crippen LogP contribution in [0.4, 0.5) is 4.39 Å². The molecule has 0 aliphatic rings. The molecule has 1 rings (SSSR count). The van der Waals surface area contributed by atoms with Gasteiger partial charge >= 0.3 is 0 Å². The third-order valence-electron chi connectivity index (χ3n) is 2.12. The molecule has 0 saturated heterocycles. The number of unbranched alkanes of at least 4 members (excludes halogenated alkanes) is 1. The quantitative estimate of drug-likeness (QED) is 0.617. The predicted octanol–water partition coefficient (Wildman–Crippen LogP) is 3.32. The van der Waals surface area contributed by atoms with Crippen molar-refractivity contribution in [3.8, 4) is 12.3 Å². The van der Waals surface area contributed by atoms with Gasteiger partial charge in [0.05, 0.1) is 6.10 Å². The van der Waals surface area contributed by atoms with Crippen molar-refractivity contribution in [2.45, 2.75) is 25.4 Å². The Balaban J connectivity index is 2.66. The van der Waals surface area contributed by atoms with Crippen molar-refractivity contribution in [3.63, 3.8) is 0 Å². The number of terminal acetylenes is 1. The van der Waals surface area contributed by atoms with Crippen LogP contribution < -0.4 is 0 Å². The lowest BCUT2D eigenvalue weighted by atomic mass is 10.0. The fourth-order valence-corrected chi connectivity index (χ4v) is 1.48. The highest BCUT2D eigenvalue weighted by Gasteiger charge is 2.12. The Morgan fingerprint density at radius 1 is 1.53 bits per heavy atom. The molecule has 0 radical (unpaired) electrons. The zero-order valence-corrected chi connectivity index (χ0v) is 8.97. The van der Waals surface area contributed by atoms with Gasteiger partial charge in [-0.2, -0.15) is 0 Å². The number of halogens is 2. The minimum Gasteiger partial charge on any atom is -0.388 e. The lowest BCUT2D eigenvalue weighted by molar-refractivity contribution is 0.160. The summed E-state index contributed by atoms with van der Waals surface area (Å²) in [4.78, 5) is 0. The highest BCUT2D eigenvalue weighted by molar-refractivity contribution is 6.30. The minimum absolute atomic E-state index is 0.274. The normalized spacial score (nSPS) is 12.1. The Kier molecular flexibility index (Phi) is 4.61. The van der Waals surface area contributed by atoms with Gasteiger partial charge in [-0.15, -0.1) is 12.3 Å². The number of aliphatic hydroxyl groups excluding tert-OH is 1. The number of benzene rings is 1. The molecule has 0 saturated carbocycles. The van der Waals surface area contributed by atoms with Crippen molar-refractivity contribution >= 4 is 11.6 Å². The molecule has 0 aliphatic carbocycles. The fraction of sp³-hybridized carbons (Fsp3) is 0.333. The predicted molar refractivity (Wildman–Crippen MR) is 59.1 cm³/mol. The number of hydrogen-bond donors (Lipinski definition) is 1. The van der Waals surface area contributed by atoms with Crippen LogP contribution in [0.3, 0.4) is 0 Å². The molecule has 0 bridgehead atoms. The smallest absolute Gasteiger partial charge is 0.130 e. The summed E-state index contributed by atoms with van der Waals surface area (Å²) in [6.45, 7) is 0. The molecule has 1 nitrogen and oxygen atoms in total. The highest BCUT2D eigenvalue weighted by atomic mass is 35.5. The molecule has 1 aromatic rings. The first-order valence-electron chi connectivity index (χ1n) is 4.71. The molecular weight excluding hydrogens is 215 g/mol. The lowest BCUT2D eigenvalue weighted by Crippen LogP contribution is -2.00. The van der Waals surface area contributed by atoms with E-state index in [2.05, 4.69) is 5.92 Å². The molecule has 1 aromatic carbocycles. The lowest BCUT2D eigenvalue weighted by Gasteiger charge is -2.11. The summed E-state index contributed by atoms with van der Waals surface area (Å²) >= 11 is 5.60. The van der Waals surface area contributed by atoms with E-state index in [0.29, 0.717) is 24.3 Å². The summed E-state index contributed by atoms with van der Waals surface area (Å²) in [5.41, 5.74) is 0.274. The van der Waals surface area contributed by atoms with Crippen molar-refractivity contribution in [1.29, 1.82) is 0 Å². The van der Waals surface area contributed by atoms with E-state index in [1.165, 1.54) is 12.1 Å². The Morgan fingerprint density at radius 2 is 2.27 bits per heavy atom. The maximum atomic E-state index is 13.3. The van der Waals surface area contributed by atoms with E-state index in [9.17, 15) is 9.50 Å². The van der Waals surface area contributed by atoms with Crippen LogP contribution in [0.1, 0.15) is 30.9 Å². The van der Waals surface area contributed by atoms with Crippen molar-refractivity contribution in [3.05, 3.63) is 34.6 Å². The van der Waals surface area contributed by atoms with Crippen molar-refractivity contribution in [2.75, 3.05) is 0 Å². The van der Waals surface area contributed by atoms with Gasteiger partial charge in [-0.05, 0) is 25.0 Å². The maximum Gasteiger partial charge on any atom is 0.130 e. The average Bonchev–Trinajstić information content (AvgIpc) is 2.17. The maximum absolute atomic E-state index is 13.3. The zero-order chi connectivity index (χ0) is 11.3. The SMILES string of the molecule is C#CCCCC(O)c1ccc(Cl)cc1F. The third-order valence-corrected chi connectivity index (χ3v) is 2.36. The van der Waals surface area contributed by atoms with Gasteiger partial charge in [0.2, 0.25) is 0 Å². The van der Waals surface area contributed by atoms with Gasteiger partial charge in [-0.3, -0.25) is 0 Å². The first kappa shape index (κ1) is 12.0. The van der Waals surface area contributed by atoms with E-state index in [-0.39, 0.29) is 5.56 Å². The Morgan fingerprint density at radius 3 is 2.87 bits per heavy atom. The van der Waals surface area contributed by atoms with Crippen LogP contribution >= 0.6 is 11.6 Å². The average molecular weight is 227 g/mol. The highest BCUT2D eigenvalue weighted by Crippen LogP contribution is 2.24. The van der Waals surface area contributed by atoms with Gasteiger partial charge in [0, 0.05) is 17.0 Å². The Bertz CT molecular complexity index is 370. The van der Waals surface area contributed by atoms with Crippen LogP contribution in [0.2, 0.25) is 5.02 Å². The van der Waals surface area contributed by atoms with Gasteiger partial charge in [-0.1, -0.05) is 17.7 Å². The molecule has 3 heteroatoms. The molecule has 15 heavy (non-hydrogen) atoms. The van der Waals surface area contributed by atoms with Crippen LogP contribution in [-0.2, 0) is 0 Å². The molecule has 0 amide bonds. The minimum atomic E-state index is -0.810. The molecule has 1 atom stereocenters. The van der Waals surface area contributed by atoms with Gasteiger partial charge in [0.15, 0.2) is 0 Å². The first-order valence-corrected chi connectivity index (χ1v) is 5.09. The third kappa shape index (κ3) is 3.54. The fourth-order valence-electron chi connectivity index (χ4n) is 1.32. The summed E-state index contributed by atoms with van der Waals surface area (Å²) in [6.07, 6.45) is 6.00. The second kappa shape index (κ2) is 5.75. The Labute approximate surface area is 93.9 Å². The van der Waals surface area contributed by atoms with E-state index in [1.54, 1.807) is 6.07 Å². The van der Waals surface area contributed by atoms with Crippen LogP contribution in [0, 0.1) is 18.2 Å². The zero-order valence-electron chi connectivity index (χ0n) is 8.21. The van der Waals surface area contributed by atoms with Crippen LogP contribution in [0.5, 0.6) is 0 Å². The van der Waals surface area contributed by atoms with E-state index in [1.807, 2.05) is 0 Å². The number of aliphatic hydroxyl groups is 1. The second-order valence-corrected chi connectivity index (χ2v) is 3.71. The summed E-state index contributed by atoms with van der Waals surface area (Å²) in [5.74, 6) is 2.00. The molecule has 1 N–H and O–H groups in total. The molecule has 0 spiro atoms. The number of rotatable bonds is 4. The van der Waals surface area contributed by atoms with Crippen LogP contribution in [-0.4, -0.2) is 5.11 Å². The largest absolute Gasteiger partial charge is 0.388 e. The Hall–Kier alpha value is -1.04. The van der Waals surface area contributed by atoms with Crippen molar-refractivity contribution in [1.82, 2.24) is 0 Å². The van der Waals surface area contributed by atoms with E-state index in [0.717, 1.165) is 0 Å². The molecule has 0 aromatic heterocycles. The van der Waals surface area contributed by atoms with Crippen molar-refractivity contribution < 1.29 is 9.50 Å². The van der Waals surface area contributed by atoms with Gasteiger partial charge in [0.1, 0.15) is 5.82 Å². The first-order chi connectivity index (χ1) is 7.15. The summed E-state index contributed by atoms with van der Waals surface area (Å²) in [6, 6.07) is 4.25. The molecule has 0 aliphatic heterocycles. The van der Waals surface area contributed by atoms with Gasteiger partial charge < -0.3 is 5.11 Å².